The largest absolute Gasteiger partial charge is 0.388 e. The van der Waals surface area contributed by atoms with Crippen molar-refractivity contribution in [2.75, 3.05) is 11.9 Å². The SMILES string of the molecule is CC(C)(O)C(C)(C)NC(=O)CNC(=O)Nc1ccccc1. The van der Waals surface area contributed by atoms with Gasteiger partial charge in [-0.2, -0.15) is 0 Å². The average Bonchev–Trinajstić information content (AvgIpc) is 2.36. The summed E-state index contributed by atoms with van der Waals surface area (Å²) in [5, 5.41) is 17.7. The molecule has 0 heterocycles. The van der Waals surface area contributed by atoms with E-state index in [0.717, 1.165) is 0 Å². The van der Waals surface area contributed by atoms with Gasteiger partial charge in [-0.15, -0.1) is 0 Å². The Morgan fingerprint density at radius 1 is 1.10 bits per heavy atom. The molecular formula is C15H23N3O3. The highest BCUT2D eigenvalue weighted by atomic mass is 16.3. The van der Waals surface area contributed by atoms with Gasteiger partial charge in [-0.1, -0.05) is 18.2 Å². The minimum absolute atomic E-state index is 0.168. The van der Waals surface area contributed by atoms with Crippen molar-refractivity contribution in [3.63, 3.8) is 0 Å². The molecule has 6 nitrogen and oxygen atoms in total. The van der Waals surface area contributed by atoms with Crippen LogP contribution in [-0.4, -0.2) is 34.7 Å². The first-order valence-electron chi connectivity index (χ1n) is 6.75. The standard InChI is InChI=1S/C15H23N3O3/c1-14(2,15(3,4)21)18-12(19)10-16-13(20)17-11-8-6-5-7-9-11/h5-9,21H,10H2,1-4H3,(H,18,19)(H2,16,17,20). The third kappa shape index (κ3) is 5.43. The van der Waals surface area contributed by atoms with E-state index in [1.165, 1.54) is 0 Å². The second-order valence-corrected chi connectivity index (χ2v) is 5.91. The minimum Gasteiger partial charge on any atom is -0.388 e. The van der Waals surface area contributed by atoms with Gasteiger partial charge < -0.3 is 21.1 Å². The summed E-state index contributed by atoms with van der Waals surface area (Å²) in [5.41, 5.74) is -1.23. The van der Waals surface area contributed by atoms with Crippen molar-refractivity contribution in [2.24, 2.45) is 0 Å². The van der Waals surface area contributed by atoms with Crippen LogP contribution in [0.15, 0.2) is 30.3 Å². The third-order valence-corrected chi connectivity index (χ3v) is 3.42. The molecule has 0 bridgehead atoms. The van der Waals surface area contributed by atoms with Crippen LogP contribution >= 0.6 is 0 Å². The molecule has 0 atom stereocenters. The average molecular weight is 293 g/mol. The quantitative estimate of drug-likeness (QED) is 0.662. The van der Waals surface area contributed by atoms with Gasteiger partial charge in [0.1, 0.15) is 0 Å². The molecule has 0 aromatic heterocycles. The summed E-state index contributed by atoms with van der Waals surface area (Å²) in [6, 6.07) is 8.48. The van der Waals surface area contributed by atoms with Crippen LogP contribution in [0, 0.1) is 0 Å². The van der Waals surface area contributed by atoms with E-state index in [1.54, 1.807) is 52.0 Å². The smallest absolute Gasteiger partial charge is 0.319 e. The molecule has 0 aliphatic rings. The van der Waals surface area contributed by atoms with E-state index in [2.05, 4.69) is 16.0 Å². The van der Waals surface area contributed by atoms with Gasteiger partial charge in [0.05, 0.1) is 17.7 Å². The zero-order chi connectivity index (χ0) is 16.1. The predicted molar refractivity (Wildman–Crippen MR) is 82.0 cm³/mol. The number of benzene rings is 1. The highest BCUT2D eigenvalue weighted by Gasteiger charge is 2.36. The van der Waals surface area contributed by atoms with Crippen LogP contribution in [0.25, 0.3) is 0 Å². The maximum atomic E-state index is 11.8. The maximum absolute atomic E-state index is 11.8. The molecule has 0 unspecified atom stereocenters. The highest BCUT2D eigenvalue weighted by molar-refractivity contribution is 5.92. The van der Waals surface area contributed by atoms with Gasteiger partial charge in [0.2, 0.25) is 5.91 Å². The van der Waals surface area contributed by atoms with Gasteiger partial charge in [-0.05, 0) is 39.8 Å². The van der Waals surface area contributed by atoms with Gasteiger partial charge >= 0.3 is 6.03 Å². The molecule has 0 aliphatic carbocycles. The molecule has 21 heavy (non-hydrogen) atoms. The summed E-state index contributed by atoms with van der Waals surface area (Å²) in [4.78, 5) is 23.4. The van der Waals surface area contributed by atoms with Crippen LogP contribution in [-0.2, 0) is 4.79 Å². The van der Waals surface area contributed by atoms with E-state index in [9.17, 15) is 14.7 Å². The molecule has 4 N–H and O–H groups in total. The van der Waals surface area contributed by atoms with Crippen molar-refractivity contribution in [1.29, 1.82) is 0 Å². The first-order chi connectivity index (χ1) is 9.62. The van der Waals surface area contributed by atoms with Crippen molar-refractivity contribution in [3.05, 3.63) is 30.3 Å². The summed E-state index contributed by atoms with van der Waals surface area (Å²) in [6.45, 7) is 6.49. The van der Waals surface area contributed by atoms with Gasteiger partial charge in [-0.25, -0.2) is 4.79 Å². The van der Waals surface area contributed by atoms with Gasteiger partial charge in [0, 0.05) is 5.69 Å². The number of hydrogen-bond acceptors (Lipinski definition) is 3. The number of aliphatic hydroxyl groups is 1. The van der Waals surface area contributed by atoms with Crippen LogP contribution in [0.1, 0.15) is 27.7 Å². The van der Waals surface area contributed by atoms with E-state index in [0.29, 0.717) is 5.69 Å². The lowest BCUT2D eigenvalue weighted by atomic mass is 9.86. The molecule has 0 fully saturated rings. The molecule has 6 heteroatoms. The summed E-state index contributed by atoms with van der Waals surface area (Å²) in [7, 11) is 0. The van der Waals surface area contributed by atoms with Crippen LogP contribution < -0.4 is 16.0 Å². The van der Waals surface area contributed by atoms with E-state index in [-0.39, 0.29) is 12.5 Å². The van der Waals surface area contributed by atoms with Gasteiger partial charge in [-0.3, -0.25) is 4.79 Å². The molecular weight excluding hydrogens is 270 g/mol. The fourth-order valence-corrected chi connectivity index (χ4v) is 1.40. The topological polar surface area (TPSA) is 90.5 Å². The zero-order valence-corrected chi connectivity index (χ0v) is 12.9. The minimum atomic E-state index is -1.07. The lowest BCUT2D eigenvalue weighted by Gasteiger charge is -2.38. The van der Waals surface area contributed by atoms with Crippen LogP contribution in [0.2, 0.25) is 0 Å². The zero-order valence-electron chi connectivity index (χ0n) is 12.9. The molecule has 0 saturated heterocycles. The van der Waals surface area contributed by atoms with Gasteiger partial charge in [0.25, 0.3) is 0 Å². The number of carbonyl (C=O) groups excluding carboxylic acids is 2. The third-order valence-electron chi connectivity index (χ3n) is 3.42. The summed E-state index contributed by atoms with van der Waals surface area (Å²) in [5.74, 6) is -0.370. The van der Waals surface area contributed by atoms with Crippen molar-refractivity contribution < 1.29 is 14.7 Å². The predicted octanol–water partition coefficient (Wildman–Crippen LogP) is 1.47. The molecule has 3 amide bonds. The fourth-order valence-electron chi connectivity index (χ4n) is 1.40. The Morgan fingerprint density at radius 3 is 2.19 bits per heavy atom. The maximum Gasteiger partial charge on any atom is 0.319 e. The molecule has 1 rings (SSSR count). The first kappa shape index (κ1) is 17.0. The van der Waals surface area contributed by atoms with E-state index in [4.69, 9.17) is 0 Å². The lowest BCUT2D eigenvalue weighted by molar-refractivity contribution is -0.125. The Balaban J connectivity index is 2.41. The van der Waals surface area contributed by atoms with Crippen molar-refractivity contribution in [3.8, 4) is 0 Å². The van der Waals surface area contributed by atoms with E-state index >= 15 is 0 Å². The van der Waals surface area contributed by atoms with Crippen LogP contribution in [0.3, 0.4) is 0 Å². The van der Waals surface area contributed by atoms with E-state index < -0.39 is 17.2 Å². The Bertz CT molecular complexity index is 493. The number of para-hydroxylation sites is 1. The fraction of sp³-hybridized carbons (Fsp3) is 0.467. The molecule has 0 spiro atoms. The second kappa shape index (κ2) is 6.58. The first-order valence-corrected chi connectivity index (χ1v) is 6.75. The Morgan fingerprint density at radius 2 is 1.67 bits per heavy atom. The molecule has 0 aliphatic heterocycles. The molecule has 0 radical (unpaired) electrons. The second-order valence-electron chi connectivity index (χ2n) is 5.91. The van der Waals surface area contributed by atoms with Crippen molar-refractivity contribution >= 4 is 17.6 Å². The van der Waals surface area contributed by atoms with Gasteiger partial charge in [0.15, 0.2) is 0 Å². The Hall–Kier alpha value is -2.08. The monoisotopic (exact) mass is 293 g/mol. The Labute approximate surface area is 124 Å². The highest BCUT2D eigenvalue weighted by Crippen LogP contribution is 2.20. The molecule has 116 valence electrons. The number of amides is 3. The molecule has 0 saturated carbocycles. The molecule has 1 aromatic rings. The summed E-state index contributed by atoms with van der Waals surface area (Å²) >= 11 is 0. The molecule has 1 aromatic carbocycles. The summed E-state index contributed by atoms with van der Waals surface area (Å²) in [6.07, 6.45) is 0. The number of rotatable bonds is 5. The van der Waals surface area contributed by atoms with E-state index in [1.807, 2.05) is 6.07 Å². The number of urea groups is 1. The normalized spacial score (nSPS) is 11.7. The lowest BCUT2D eigenvalue weighted by Crippen LogP contribution is -2.59. The number of nitrogens with one attached hydrogen (secondary N) is 3. The van der Waals surface area contributed by atoms with Crippen molar-refractivity contribution in [2.45, 2.75) is 38.8 Å². The van der Waals surface area contributed by atoms with Crippen LogP contribution in [0.5, 0.6) is 0 Å². The number of carbonyl (C=O) groups is 2. The van der Waals surface area contributed by atoms with Crippen LogP contribution in [0.4, 0.5) is 10.5 Å². The number of hydrogen-bond donors (Lipinski definition) is 4. The Kier molecular flexibility index (Phi) is 5.32. The van der Waals surface area contributed by atoms with Crippen molar-refractivity contribution in [1.82, 2.24) is 10.6 Å². The summed E-state index contributed by atoms with van der Waals surface area (Å²) < 4.78 is 0. The number of anilines is 1.